The topological polar surface area (TPSA) is 46.5 Å². The normalized spacial score (nSPS) is 12.1. The highest BCUT2D eigenvalue weighted by Crippen LogP contribution is 2.23. The zero-order valence-electron chi connectivity index (χ0n) is 11.0. The summed E-state index contributed by atoms with van der Waals surface area (Å²) in [6.45, 7) is 2.31. The molecule has 0 bridgehead atoms. The van der Waals surface area contributed by atoms with E-state index in [4.69, 9.17) is 21.4 Å². The van der Waals surface area contributed by atoms with Crippen LogP contribution < -0.4 is 0 Å². The molecule has 0 saturated carbocycles. The van der Waals surface area contributed by atoms with Crippen molar-refractivity contribution >= 4 is 17.6 Å². The van der Waals surface area contributed by atoms with Gasteiger partial charge in [-0.2, -0.15) is 0 Å². The van der Waals surface area contributed by atoms with E-state index in [9.17, 15) is 4.79 Å². The Labute approximate surface area is 122 Å². The van der Waals surface area contributed by atoms with Crippen LogP contribution in [0.15, 0.2) is 48.5 Å². The lowest BCUT2D eigenvalue weighted by Crippen LogP contribution is -2.02. The highest BCUT2D eigenvalue weighted by molar-refractivity contribution is 6.31. The Balaban J connectivity index is 2.02. The third-order valence-corrected chi connectivity index (χ3v) is 3.41. The summed E-state index contributed by atoms with van der Waals surface area (Å²) < 4.78 is 5.76. The summed E-state index contributed by atoms with van der Waals surface area (Å²) in [5.41, 5.74) is 2.04. The first-order chi connectivity index (χ1) is 9.58. The van der Waals surface area contributed by atoms with Crippen molar-refractivity contribution in [3.05, 3.63) is 70.2 Å². The SMILES string of the molecule is CC(OCc1ccc(C(=O)O)cc1Cl)c1ccccc1. The maximum Gasteiger partial charge on any atom is 0.335 e. The molecule has 0 aliphatic rings. The minimum Gasteiger partial charge on any atom is -0.478 e. The Morgan fingerprint density at radius 3 is 2.55 bits per heavy atom. The Morgan fingerprint density at radius 1 is 1.25 bits per heavy atom. The van der Waals surface area contributed by atoms with Crippen LogP contribution in [-0.2, 0) is 11.3 Å². The van der Waals surface area contributed by atoms with Crippen LogP contribution in [-0.4, -0.2) is 11.1 Å². The van der Waals surface area contributed by atoms with Crippen molar-refractivity contribution in [3.8, 4) is 0 Å². The van der Waals surface area contributed by atoms with Gasteiger partial charge in [-0.05, 0) is 30.2 Å². The molecule has 1 N–H and O–H groups in total. The molecular weight excluding hydrogens is 276 g/mol. The summed E-state index contributed by atoms with van der Waals surface area (Å²) in [6, 6.07) is 14.5. The molecule has 3 nitrogen and oxygen atoms in total. The second kappa shape index (κ2) is 6.55. The van der Waals surface area contributed by atoms with Crippen LogP contribution in [0.3, 0.4) is 0 Å². The molecule has 2 aromatic carbocycles. The third kappa shape index (κ3) is 3.59. The van der Waals surface area contributed by atoms with Gasteiger partial charge < -0.3 is 9.84 Å². The van der Waals surface area contributed by atoms with Gasteiger partial charge in [-0.25, -0.2) is 4.79 Å². The minimum atomic E-state index is -0.989. The van der Waals surface area contributed by atoms with E-state index in [1.165, 1.54) is 12.1 Å². The van der Waals surface area contributed by atoms with Crippen LogP contribution in [0.5, 0.6) is 0 Å². The van der Waals surface area contributed by atoms with Crippen molar-refractivity contribution in [2.45, 2.75) is 19.6 Å². The highest BCUT2D eigenvalue weighted by atomic mass is 35.5. The highest BCUT2D eigenvalue weighted by Gasteiger charge is 2.09. The van der Waals surface area contributed by atoms with Crippen molar-refractivity contribution < 1.29 is 14.6 Å². The molecule has 0 heterocycles. The van der Waals surface area contributed by atoms with Gasteiger partial charge in [0.25, 0.3) is 0 Å². The van der Waals surface area contributed by atoms with Crippen molar-refractivity contribution in [1.82, 2.24) is 0 Å². The fourth-order valence-electron chi connectivity index (χ4n) is 1.83. The van der Waals surface area contributed by atoms with Crippen molar-refractivity contribution in [3.63, 3.8) is 0 Å². The van der Waals surface area contributed by atoms with Crippen LogP contribution in [0.1, 0.15) is 34.5 Å². The van der Waals surface area contributed by atoms with Crippen molar-refractivity contribution in [2.24, 2.45) is 0 Å². The number of carboxylic acids is 1. The average Bonchev–Trinajstić information content (AvgIpc) is 2.46. The number of rotatable bonds is 5. The van der Waals surface area contributed by atoms with E-state index in [0.29, 0.717) is 11.6 Å². The van der Waals surface area contributed by atoms with Gasteiger partial charge in [-0.15, -0.1) is 0 Å². The van der Waals surface area contributed by atoms with E-state index < -0.39 is 5.97 Å². The lowest BCUT2D eigenvalue weighted by atomic mass is 10.1. The van der Waals surface area contributed by atoms with Crippen molar-refractivity contribution in [1.29, 1.82) is 0 Å². The minimum absolute atomic E-state index is 0.0496. The summed E-state index contributed by atoms with van der Waals surface area (Å²) in [4.78, 5) is 10.8. The van der Waals surface area contributed by atoms with Gasteiger partial charge in [-0.3, -0.25) is 0 Å². The standard InChI is InChI=1S/C16H15ClO3/c1-11(12-5-3-2-4-6-12)20-10-14-8-7-13(16(18)19)9-15(14)17/h2-9,11H,10H2,1H3,(H,18,19). The molecule has 0 aliphatic carbocycles. The lowest BCUT2D eigenvalue weighted by molar-refractivity contribution is 0.0525. The first-order valence-corrected chi connectivity index (χ1v) is 6.64. The summed E-state index contributed by atoms with van der Waals surface area (Å²) >= 11 is 6.06. The molecule has 0 aliphatic heterocycles. The summed E-state index contributed by atoms with van der Waals surface area (Å²) in [7, 11) is 0. The number of benzene rings is 2. The number of carboxylic acid groups (broad SMARTS) is 1. The molecule has 4 heteroatoms. The number of hydrogen-bond donors (Lipinski definition) is 1. The third-order valence-electron chi connectivity index (χ3n) is 3.06. The fraction of sp³-hybridized carbons (Fsp3) is 0.188. The average molecular weight is 291 g/mol. The molecule has 0 amide bonds. The largest absolute Gasteiger partial charge is 0.478 e. The Hall–Kier alpha value is -1.84. The van der Waals surface area contributed by atoms with E-state index in [2.05, 4.69) is 0 Å². The molecule has 2 aromatic rings. The number of carbonyl (C=O) groups is 1. The Bertz CT molecular complexity index is 596. The van der Waals surface area contributed by atoms with Gasteiger partial charge in [-0.1, -0.05) is 48.0 Å². The van der Waals surface area contributed by atoms with Crippen LogP contribution >= 0.6 is 11.6 Å². The molecular formula is C16H15ClO3. The fourth-order valence-corrected chi connectivity index (χ4v) is 2.07. The van der Waals surface area contributed by atoms with Crippen LogP contribution in [0.25, 0.3) is 0 Å². The Morgan fingerprint density at radius 2 is 1.95 bits per heavy atom. The molecule has 1 atom stereocenters. The van der Waals surface area contributed by atoms with Gasteiger partial charge in [0.1, 0.15) is 0 Å². The number of ether oxygens (including phenoxy) is 1. The van der Waals surface area contributed by atoms with Gasteiger partial charge in [0.2, 0.25) is 0 Å². The second-order valence-corrected chi connectivity index (χ2v) is 4.88. The molecule has 1 unspecified atom stereocenters. The summed E-state index contributed by atoms with van der Waals surface area (Å²) in [6.07, 6.45) is -0.0496. The van der Waals surface area contributed by atoms with Gasteiger partial charge in [0.05, 0.1) is 18.3 Å². The summed E-state index contributed by atoms with van der Waals surface area (Å²) in [5.74, 6) is -0.989. The molecule has 0 saturated heterocycles. The zero-order valence-corrected chi connectivity index (χ0v) is 11.8. The van der Waals surface area contributed by atoms with Crippen LogP contribution in [0.2, 0.25) is 5.02 Å². The molecule has 20 heavy (non-hydrogen) atoms. The van der Waals surface area contributed by atoms with E-state index in [1.807, 2.05) is 37.3 Å². The van der Waals surface area contributed by atoms with Crippen LogP contribution in [0, 0.1) is 0 Å². The quantitative estimate of drug-likeness (QED) is 0.892. The maximum atomic E-state index is 10.8. The van der Waals surface area contributed by atoms with Crippen LogP contribution in [0.4, 0.5) is 0 Å². The van der Waals surface area contributed by atoms with Gasteiger partial charge in [0, 0.05) is 5.02 Å². The van der Waals surface area contributed by atoms with E-state index in [1.54, 1.807) is 6.07 Å². The summed E-state index contributed by atoms with van der Waals surface area (Å²) in [5, 5.41) is 9.28. The molecule has 0 radical (unpaired) electrons. The number of aromatic carboxylic acids is 1. The Kier molecular flexibility index (Phi) is 4.77. The number of halogens is 1. The molecule has 0 spiro atoms. The predicted molar refractivity (Wildman–Crippen MR) is 78.1 cm³/mol. The molecule has 0 aromatic heterocycles. The first kappa shape index (κ1) is 14.6. The van der Waals surface area contributed by atoms with E-state index in [-0.39, 0.29) is 11.7 Å². The maximum absolute atomic E-state index is 10.8. The smallest absolute Gasteiger partial charge is 0.335 e. The lowest BCUT2D eigenvalue weighted by Gasteiger charge is -2.14. The molecule has 0 fully saturated rings. The number of hydrogen-bond acceptors (Lipinski definition) is 2. The van der Waals surface area contributed by atoms with Gasteiger partial charge in [0.15, 0.2) is 0 Å². The molecule has 104 valence electrons. The van der Waals surface area contributed by atoms with E-state index >= 15 is 0 Å². The van der Waals surface area contributed by atoms with Crippen molar-refractivity contribution in [2.75, 3.05) is 0 Å². The second-order valence-electron chi connectivity index (χ2n) is 4.48. The monoisotopic (exact) mass is 290 g/mol. The molecule has 2 rings (SSSR count). The zero-order chi connectivity index (χ0) is 14.5. The van der Waals surface area contributed by atoms with E-state index in [0.717, 1.165) is 11.1 Å². The predicted octanol–water partition coefficient (Wildman–Crippen LogP) is 4.32. The van der Waals surface area contributed by atoms with Gasteiger partial charge >= 0.3 is 5.97 Å². The first-order valence-electron chi connectivity index (χ1n) is 6.26.